The number of hydrogen-bond acceptors (Lipinski definition) is 4. The van der Waals surface area contributed by atoms with Crippen LogP contribution in [0.2, 0.25) is 0 Å². The number of nitrogens with zero attached hydrogens (tertiary/aromatic N) is 2. The van der Waals surface area contributed by atoms with Gasteiger partial charge in [0, 0.05) is 37.0 Å². The molecule has 6 heteroatoms. The van der Waals surface area contributed by atoms with Crippen molar-refractivity contribution >= 4 is 23.6 Å². The molecule has 2 fully saturated rings. The quantitative estimate of drug-likeness (QED) is 0.763. The lowest BCUT2D eigenvalue weighted by Gasteiger charge is -2.25. The first-order valence-corrected chi connectivity index (χ1v) is 9.67. The zero-order chi connectivity index (χ0) is 17.1. The molecular formula is C18H24N2O3S. The van der Waals surface area contributed by atoms with Gasteiger partial charge in [0.15, 0.2) is 0 Å². The highest BCUT2D eigenvalue weighted by Gasteiger charge is 2.42. The molecule has 0 spiro atoms. The molecule has 130 valence electrons. The van der Waals surface area contributed by atoms with Gasteiger partial charge in [-0.2, -0.15) is 0 Å². The molecule has 2 amide bonds. The molecule has 0 bridgehead atoms. The van der Waals surface area contributed by atoms with Crippen LogP contribution in [0.1, 0.15) is 24.8 Å². The molecule has 1 heterocycles. The van der Waals surface area contributed by atoms with Gasteiger partial charge in [0.2, 0.25) is 11.8 Å². The average molecular weight is 348 g/mol. The molecule has 0 radical (unpaired) electrons. The minimum absolute atomic E-state index is 0.0190. The molecule has 2 aliphatic rings. The van der Waals surface area contributed by atoms with Crippen molar-refractivity contribution in [2.45, 2.75) is 36.7 Å². The Balaban J connectivity index is 1.65. The second-order valence-electron chi connectivity index (χ2n) is 6.51. The fourth-order valence-electron chi connectivity index (χ4n) is 3.23. The lowest BCUT2D eigenvalue weighted by molar-refractivity contribution is -0.137. The van der Waals surface area contributed by atoms with E-state index in [-0.39, 0.29) is 24.3 Å². The summed E-state index contributed by atoms with van der Waals surface area (Å²) in [6.45, 7) is 1.25. The van der Waals surface area contributed by atoms with Gasteiger partial charge in [-0.25, -0.2) is 0 Å². The van der Waals surface area contributed by atoms with E-state index in [9.17, 15) is 14.7 Å². The van der Waals surface area contributed by atoms with Crippen molar-refractivity contribution in [3.05, 3.63) is 29.8 Å². The van der Waals surface area contributed by atoms with Crippen molar-refractivity contribution in [3.63, 3.8) is 0 Å². The number of benzene rings is 1. The van der Waals surface area contributed by atoms with Crippen molar-refractivity contribution in [2.75, 3.05) is 26.0 Å². The fraction of sp³-hybridized carbons (Fsp3) is 0.556. The maximum atomic E-state index is 12.8. The van der Waals surface area contributed by atoms with E-state index >= 15 is 0 Å². The van der Waals surface area contributed by atoms with Gasteiger partial charge in [0.05, 0.1) is 12.5 Å². The SMILES string of the molecule is CSc1ccc(CN(CCO)C(=O)C2CC(=O)N(C3CC3)C2)cc1. The Morgan fingerprint density at radius 2 is 2.04 bits per heavy atom. The second-order valence-corrected chi connectivity index (χ2v) is 7.39. The van der Waals surface area contributed by atoms with E-state index in [1.54, 1.807) is 16.7 Å². The third-order valence-corrected chi connectivity index (χ3v) is 5.45. The Bertz CT molecular complexity index is 601. The van der Waals surface area contributed by atoms with Gasteiger partial charge in [-0.3, -0.25) is 9.59 Å². The lowest BCUT2D eigenvalue weighted by atomic mass is 10.1. The summed E-state index contributed by atoms with van der Waals surface area (Å²) in [7, 11) is 0. The van der Waals surface area contributed by atoms with Crippen LogP contribution in [-0.4, -0.2) is 58.7 Å². The largest absolute Gasteiger partial charge is 0.395 e. The highest BCUT2D eigenvalue weighted by Crippen LogP contribution is 2.33. The smallest absolute Gasteiger partial charge is 0.228 e. The molecule has 1 N–H and O–H groups in total. The summed E-state index contributed by atoms with van der Waals surface area (Å²) in [6.07, 6.45) is 4.46. The summed E-state index contributed by atoms with van der Waals surface area (Å²) in [5.74, 6) is -0.186. The summed E-state index contributed by atoms with van der Waals surface area (Å²) in [6, 6.07) is 8.46. The van der Waals surface area contributed by atoms with E-state index < -0.39 is 0 Å². The van der Waals surface area contributed by atoms with E-state index in [1.165, 1.54) is 4.90 Å². The van der Waals surface area contributed by atoms with Crippen LogP contribution < -0.4 is 0 Å². The van der Waals surface area contributed by atoms with Gasteiger partial charge in [-0.1, -0.05) is 12.1 Å². The van der Waals surface area contributed by atoms with Crippen LogP contribution in [0.15, 0.2) is 29.2 Å². The molecule has 1 unspecified atom stereocenters. The van der Waals surface area contributed by atoms with Crippen LogP contribution in [0, 0.1) is 5.92 Å². The first-order chi connectivity index (χ1) is 11.6. The molecule has 1 aromatic carbocycles. The standard InChI is InChI=1S/C18H24N2O3S/c1-24-16-6-2-13(3-7-16)11-19(8-9-21)18(23)14-10-17(22)20(12-14)15-4-5-15/h2-3,6-7,14-15,21H,4-5,8-12H2,1H3. The Hall–Kier alpha value is -1.53. The number of aliphatic hydroxyl groups is 1. The van der Waals surface area contributed by atoms with Crippen molar-refractivity contribution in [1.82, 2.24) is 9.80 Å². The summed E-state index contributed by atoms with van der Waals surface area (Å²) in [5, 5.41) is 9.32. The molecule has 3 rings (SSSR count). The molecule has 24 heavy (non-hydrogen) atoms. The van der Waals surface area contributed by atoms with Gasteiger partial charge in [-0.15, -0.1) is 11.8 Å². The highest BCUT2D eigenvalue weighted by molar-refractivity contribution is 7.98. The molecule has 0 aromatic heterocycles. The van der Waals surface area contributed by atoms with Crippen molar-refractivity contribution < 1.29 is 14.7 Å². The maximum Gasteiger partial charge on any atom is 0.228 e. The first kappa shape index (κ1) is 17.3. The topological polar surface area (TPSA) is 60.9 Å². The Morgan fingerprint density at radius 1 is 1.33 bits per heavy atom. The molecular weight excluding hydrogens is 324 g/mol. The Morgan fingerprint density at radius 3 is 2.62 bits per heavy atom. The zero-order valence-electron chi connectivity index (χ0n) is 14.0. The van der Waals surface area contributed by atoms with E-state index in [2.05, 4.69) is 0 Å². The summed E-state index contributed by atoms with van der Waals surface area (Å²) >= 11 is 1.68. The van der Waals surface area contributed by atoms with E-state index in [4.69, 9.17) is 0 Å². The number of thioether (sulfide) groups is 1. The fourth-order valence-corrected chi connectivity index (χ4v) is 3.64. The summed E-state index contributed by atoms with van der Waals surface area (Å²) in [4.78, 5) is 29.6. The van der Waals surface area contributed by atoms with Crippen molar-refractivity contribution in [2.24, 2.45) is 5.92 Å². The minimum Gasteiger partial charge on any atom is -0.395 e. The number of carbonyl (C=O) groups is 2. The normalized spacial score (nSPS) is 20.5. The average Bonchev–Trinajstić information content (AvgIpc) is 3.36. The van der Waals surface area contributed by atoms with Gasteiger partial charge >= 0.3 is 0 Å². The molecule has 1 aliphatic carbocycles. The number of likely N-dealkylation sites (tertiary alicyclic amines) is 1. The van der Waals surface area contributed by atoms with Crippen LogP contribution in [-0.2, 0) is 16.1 Å². The lowest BCUT2D eigenvalue weighted by Crippen LogP contribution is -2.39. The van der Waals surface area contributed by atoms with Crippen LogP contribution in [0.3, 0.4) is 0 Å². The third kappa shape index (κ3) is 3.92. The summed E-state index contributed by atoms with van der Waals surface area (Å²) in [5.41, 5.74) is 1.04. The van der Waals surface area contributed by atoms with Gasteiger partial charge in [0.1, 0.15) is 0 Å². The summed E-state index contributed by atoms with van der Waals surface area (Å²) < 4.78 is 0. The predicted molar refractivity (Wildman–Crippen MR) is 93.6 cm³/mol. The molecule has 1 aromatic rings. The second kappa shape index (κ2) is 7.57. The third-order valence-electron chi connectivity index (χ3n) is 4.71. The van der Waals surface area contributed by atoms with Crippen LogP contribution in [0.5, 0.6) is 0 Å². The minimum atomic E-state index is -0.268. The molecule has 5 nitrogen and oxygen atoms in total. The monoisotopic (exact) mass is 348 g/mol. The number of amides is 2. The first-order valence-electron chi connectivity index (χ1n) is 8.44. The van der Waals surface area contributed by atoms with Crippen LogP contribution >= 0.6 is 11.8 Å². The molecule has 1 atom stereocenters. The molecule has 1 saturated heterocycles. The van der Waals surface area contributed by atoms with Crippen LogP contribution in [0.25, 0.3) is 0 Å². The van der Waals surface area contributed by atoms with E-state index in [0.29, 0.717) is 32.1 Å². The number of hydrogen-bond donors (Lipinski definition) is 1. The van der Waals surface area contributed by atoms with Crippen molar-refractivity contribution in [3.8, 4) is 0 Å². The van der Waals surface area contributed by atoms with Gasteiger partial charge < -0.3 is 14.9 Å². The maximum absolute atomic E-state index is 12.8. The number of carbonyl (C=O) groups excluding carboxylic acids is 2. The van der Waals surface area contributed by atoms with Crippen molar-refractivity contribution in [1.29, 1.82) is 0 Å². The molecule has 1 aliphatic heterocycles. The molecule has 1 saturated carbocycles. The van der Waals surface area contributed by atoms with Gasteiger partial charge in [-0.05, 0) is 36.8 Å². The Labute approximate surface area is 147 Å². The van der Waals surface area contributed by atoms with E-state index in [1.807, 2.05) is 35.4 Å². The van der Waals surface area contributed by atoms with E-state index in [0.717, 1.165) is 18.4 Å². The number of aliphatic hydroxyl groups excluding tert-OH is 1. The number of rotatable bonds is 7. The predicted octanol–water partition coefficient (Wildman–Crippen LogP) is 1.74. The highest BCUT2D eigenvalue weighted by atomic mass is 32.2. The Kier molecular flexibility index (Phi) is 5.46. The van der Waals surface area contributed by atoms with Crippen LogP contribution in [0.4, 0.5) is 0 Å². The zero-order valence-corrected chi connectivity index (χ0v) is 14.8. The van der Waals surface area contributed by atoms with Gasteiger partial charge in [0.25, 0.3) is 0 Å².